The molecule has 4 heteroatoms. The summed E-state index contributed by atoms with van der Waals surface area (Å²) in [7, 11) is 3.41. The summed E-state index contributed by atoms with van der Waals surface area (Å²) in [5, 5.41) is 0. The molecule has 0 N–H and O–H groups in total. The van der Waals surface area contributed by atoms with Gasteiger partial charge in [0.15, 0.2) is 11.5 Å². The Bertz CT molecular complexity index is 699. The Morgan fingerprint density at radius 2 is 1.81 bits per heavy atom. The quantitative estimate of drug-likeness (QED) is 0.679. The molecular weight excluding hydrogens is 326 g/mol. The number of ether oxygens (including phenoxy) is 3. The Balaban J connectivity index is 1.72. The van der Waals surface area contributed by atoms with E-state index in [1.54, 1.807) is 14.2 Å². The predicted octanol–water partition coefficient (Wildman–Crippen LogP) is 4.83. The van der Waals surface area contributed by atoms with Crippen molar-refractivity contribution in [3.05, 3.63) is 53.6 Å². The average molecular weight is 355 g/mol. The zero-order chi connectivity index (χ0) is 18.4. The normalized spacial score (nSPS) is 17.3. The van der Waals surface area contributed by atoms with Crippen LogP contribution in [0.25, 0.3) is 0 Å². The minimum absolute atomic E-state index is 0.461. The lowest BCUT2D eigenvalue weighted by Gasteiger charge is -2.25. The van der Waals surface area contributed by atoms with Gasteiger partial charge in [-0.15, -0.1) is 0 Å². The minimum atomic E-state index is 0.461. The van der Waals surface area contributed by atoms with Crippen LogP contribution >= 0.6 is 0 Å². The highest BCUT2D eigenvalue weighted by atomic mass is 16.5. The smallest absolute Gasteiger partial charge is 0.161 e. The molecule has 1 fully saturated rings. The lowest BCUT2D eigenvalue weighted by atomic mass is 10.0. The van der Waals surface area contributed by atoms with E-state index in [2.05, 4.69) is 48.2 Å². The van der Waals surface area contributed by atoms with Gasteiger partial charge in [0.25, 0.3) is 0 Å². The number of rotatable bonds is 8. The average Bonchev–Trinajstić information content (AvgIpc) is 3.15. The van der Waals surface area contributed by atoms with Gasteiger partial charge >= 0.3 is 0 Å². The summed E-state index contributed by atoms with van der Waals surface area (Å²) in [6, 6.07) is 15.2. The fourth-order valence-corrected chi connectivity index (χ4v) is 3.60. The van der Waals surface area contributed by atoms with E-state index in [0.29, 0.717) is 12.6 Å². The van der Waals surface area contributed by atoms with Gasteiger partial charge in [0, 0.05) is 12.6 Å². The number of hydrogen-bond donors (Lipinski definition) is 0. The SMILES string of the molecule is CCCOc1ccc(CN2CCCC2c2ccc(OC)cc2)cc1OC. The predicted molar refractivity (Wildman–Crippen MR) is 104 cm³/mol. The van der Waals surface area contributed by atoms with Gasteiger partial charge in [-0.05, 0) is 61.2 Å². The first-order valence-corrected chi connectivity index (χ1v) is 9.43. The number of nitrogens with zero attached hydrogens (tertiary/aromatic N) is 1. The van der Waals surface area contributed by atoms with Crippen LogP contribution in [0, 0.1) is 0 Å². The maximum Gasteiger partial charge on any atom is 0.161 e. The van der Waals surface area contributed by atoms with E-state index in [1.807, 2.05) is 6.07 Å². The molecule has 2 aromatic carbocycles. The second-order valence-electron chi connectivity index (χ2n) is 6.74. The molecule has 1 aliphatic rings. The highest BCUT2D eigenvalue weighted by Crippen LogP contribution is 2.35. The lowest BCUT2D eigenvalue weighted by Crippen LogP contribution is -2.22. The number of likely N-dealkylation sites (tertiary alicyclic amines) is 1. The zero-order valence-corrected chi connectivity index (χ0v) is 16.0. The highest BCUT2D eigenvalue weighted by molar-refractivity contribution is 5.43. The van der Waals surface area contributed by atoms with E-state index in [4.69, 9.17) is 14.2 Å². The summed E-state index contributed by atoms with van der Waals surface area (Å²) < 4.78 is 16.6. The van der Waals surface area contributed by atoms with Crippen LogP contribution in [0.15, 0.2) is 42.5 Å². The van der Waals surface area contributed by atoms with E-state index in [9.17, 15) is 0 Å². The van der Waals surface area contributed by atoms with Crippen molar-refractivity contribution in [3.63, 3.8) is 0 Å². The number of benzene rings is 2. The molecule has 0 bridgehead atoms. The van der Waals surface area contributed by atoms with Crippen LogP contribution in [0.4, 0.5) is 0 Å². The second-order valence-corrected chi connectivity index (χ2v) is 6.74. The van der Waals surface area contributed by atoms with E-state index in [0.717, 1.165) is 36.8 Å². The van der Waals surface area contributed by atoms with Crippen LogP contribution in [0.1, 0.15) is 43.4 Å². The van der Waals surface area contributed by atoms with Crippen molar-refractivity contribution in [1.29, 1.82) is 0 Å². The molecule has 3 rings (SSSR count). The van der Waals surface area contributed by atoms with Gasteiger partial charge in [-0.3, -0.25) is 4.90 Å². The summed E-state index contributed by atoms with van der Waals surface area (Å²) in [4.78, 5) is 2.54. The molecule has 0 radical (unpaired) electrons. The van der Waals surface area contributed by atoms with Crippen molar-refractivity contribution in [2.24, 2.45) is 0 Å². The van der Waals surface area contributed by atoms with Crippen molar-refractivity contribution < 1.29 is 14.2 Å². The molecule has 1 atom stereocenters. The zero-order valence-electron chi connectivity index (χ0n) is 16.0. The van der Waals surface area contributed by atoms with Crippen LogP contribution in [0.5, 0.6) is 17.2 Å². The first kappa shape index (κ1) is 18.6. The first-order valence-electron chi connectivity index (χ1n) is 9.43. The first-order chi connectivity index (χ1) is 12.7. The number of hydrogen-bond acceptors (Lipinski definition) is 4. The van der Waals surface area contributed by atoms with Gasteiger partial charge in [0.05, 0.1) is 20.8 Å². The van der Waals surface area contributed by atoms with Crippen LogP contribution in [0.2, 0.25) is 0 Å². The van der Waals surface area contributed by atoms with Gasteiger partial charge in [-0.2, -0.15) is 0 Å². The van der Waals surface area contributed by atoms with Crippen LogP contribution < -0.4 is 14.2 Å². The van der Waals surface area contributed by atoms with Gasteiger partial charge in [-0.1, -0.05) is 25.1 Å². The lowest BCUT2D eigenvalue weighted by molar-refractivity contribution is 0.247. The van der Waals surface area contributed by atoms with Crippen molar-refractivity contribution in [3.8, 4) is 17.2 Å². The third kappa shape index (κ3) is 4.31. The molecule has 1 unspecified atom stereocenters. The van der Waals surface area contributed by atoms with Gasteiger partial charge in [0.2, 0.25) is 0 Å². The molecular formula is C22H29NO3. The maximum absolute atomic E-state index is 5.76. The summed E-state index contributed by atoms with van der Waals surface area (Å²) >= 11 is 0. The van der Waals surface area contributed by atoms with Gasteiger partial charge in [-0.25, -0.2) is 0 Å². The molecule has 0 saturated carbocycles. The van der Waals surface area contributed by atoms with Crippen molar-refractivity contribution >= 4 is 0 Å². The summed E-state index contributed by atoms with van der Waals surface area (Å²) in [6.45, 7) is 4.85. The second kappa shape index (κ2) is 8.95. The molecule has 4 nitrogen and oxygen atoms in total. The Morgan fingerprint density at radius 1 is 1.00 bits per heavy atom. The third-order valence-electron chi connectivity index (χ3n) is 4.94. The van der Waals surface area contributed by atoms with E-state index in [1.165, 1.54) is 24.0 Å². The fourth-order valence-electron chi connectivity index (χ4n) is 3.60. The molecule has 1 saturated heterocycles. The Hall–Kier alpha value is -2.20. The van der Waals surface area contributed by atoms with Crippen LogP contribution in [0.3, 0.4) is 0 Å². The molecule has 2 aromatic rings. The summed E-state index contributed by atoms with van der Waals surface area (Å²) in [5.74, 6) is 2.55. The number of methoxy groups -OCH3 is 2. The molecule has 26 heavy (non-hydrogen) atoms. The largest absolute Gasteiger partial charge is 0.497 e. The van der Waals surface area contributed by atoms with Gasteiger partial charge < -0.3 is 14.2 Å². The minimum Gasteiger partial charge on any atom is -0.497 e. The van der Waals surface area contributed by atoms with E-state index >= 15 is 0 Å². The molecule has 0 spiro atoms. The molecule has 1 heterocycles. The monoisotopic (exact) mass is 355 g/mol. The standard InChI is InChI=1S/C22H29NO3/c1-4-14-26-21-12-7-17(15-22(21)25-3)16-23-13-5-6-20(23)18-8-10-19(24-2)11-9-18/h7-12,15,20H,4-6,13-14,16H2,1-3H3. The van der Waals surface area contributed by atoms with E-state index < -0.39 is 0 Å². The van der Waals surface area contributed by atoms with Crippen molar-refractivity contribution in [2.45, 2.75) is 38.8 Å². The summed E-state index contributed by atoms with van der Waals surface area (Å²) in [5.41, 5.74) is 2.62. The summed E-state index contributed by atoms with van der Waals surface area (Å²) in [6.07, 6.45) is 3.41. The van der Waals surface area contributed by atoms with Crippen LogP contribution in [-0.2, 0) is 6.54 Å². The molecule has 0 aromatic heterocycles. The maximum atomic E-state index is 5.76. The fraction of sp³-hybridized carbons (Fsp3) is 0.455. The highest BCUT2D eigenvalue weighted by Gasteiger charge is 2.26. The topological polar surface area (TPSA) is 30.9 Å². The van der Waals surface area contributed by atoms with E-state index in [-0.39, 0.29) is 0 Å². The van der Waals surface area contributed by atoms with Crippen molar-refractivity contribution in [2.75, 3.05) is 27.4 Å². The van der Waals surface area contributed by atoms with Crippen LogP contribution in [-0.4, -0.2) is 32.3 Å². The van der Waals surface area contributed by atoms with Crippen molar-refractivity contribution in [1.82, 2.24) is 4.90 Å². The molecule has 1 aliphatic heterocycles. The molecule has 0 amide bonds. The Morgan fingerprint density at radius 3 is 2.50 bits per heavy atom. The Kier molecular flexibility index (Phi) is 6.40. The molecule has 140 valence electrons. The third-order valence-corrected chi connectivity index (χ3v) is 4.94. The van der Waals surface area contributed by atoms with Gasteiger partial charge in [0.1, 0.15) is 5.75 Å². The Labute approximate surface area is 156 Å². The molecule has 0 aliphatic carbocycles.